The molecule has 4 rings (SSSR count). The van der Waals surface area contributed by atoms with E-state index < -0.39 is 0 Å². The van der Waals surface area contributed by atoms with Gasteiger partial charge in [0, 0.05) is 5.92 Å². The van der Waals surface area contributed by atoms with Gasteiger partial charge in [-0.15, -0.1) is 0 Å². The van der Waals surface area contributed by atoms with Crippen LogP contribution in [0.5, 0.6) is 0 Å². The van der Waals surface area contributed by atoms with Gasteiger partial charge in [-0.25, -0.2) is 4.99 Å². The molecule has 0 radical (unpaired) electrons. The second-order valence-electron chi connectivity index (χ2n) is 6.87. The molecule has 0 N–H and O–H groups in total. The smallest absolute Gasteiger partial charge is 0.478 e. The van der Waals surface area contributed by atoms with Crippen LogP contribution in [0, 0.1) is 20.8 Å². The normalized spacial score (nSPS) is 21.6. The first-order valence-electron chi connectivity index (χ1n) is 9.16. The summed E-state index contributed by atoms with van der Waals surface area (Å²) < 4.78 is 5.77. The Bertz CT molecular complexity index is 457. The van der Waals surface area contributed by atoms with Gasteiger partial charge in [-0.2, -0.15) is 0 Å². The first-order chi connectivity index (χ1) is 10.9. The molecule has 142 valence electrons. The number of ether oxygens (including phenoxy) is 1. The minimum atomic E-state index is 0. The summed E-state index contributed by atoms with van der Waals surface area (Å²) >= 11 is 0. The summed E-state index contributed by atoms with van der Waals surface area (Å²) in [5, 5.41) is 0. The molecule has 2 nitrogen and oxygen atoms in total. The molecule has 3 aliphatic rings. The minimum Gasteiger partial charge on any atom is -0.478 e. The third-order valence-corrected chi connectivity index (χ3v) is 5.00. The van der Waals surface area contributed by atoms with Gasteiger partial charge < -0.3 is 19.6 Å². The zero-order chi connectivity index (χ0) is 15.0. The van der Waals surface area contributed by atoms with Gasteiger partial charge >= 0.3 is 17.1 Å². The molecule has 2 aliphatic carbocycles. The molecule has 0 unspecified atom stereocenters. The maximum absolute atomic E-state index is 5.77. The maximum Gasteiger partial charge on any atom is 2.00 e. The van der Waals surface area contributed by atoms with Crippen LogP contribution in [0.3, 0.4) is 0 Å². The van der Waals surface area contributed by atoms with E-state index in [9.17, 15) is 0 Å². The van der Waals surface area contributed by atoms with Crippen LogP contribution in [-0.4, -0.2) is 18.5 Å². The van der Waals surface area contributed by atoms with E-state index in [4.69, 9.17) is 9.73 Å². The first-order valence-corrected chi connectivity index (χ1v) is 9.16. The van der Waals surface area contributed by atoms with Crippen molar-refractivity contribution >= 4 is 5.90 Å². The van der Waals surface area contributed by atoms with E-state index in [1.807, 2.05) is 0 Å². The molecule has 1 aliphatic heterocycles. The van der Waals surface area contributed by atoms with Gasteiger partial charge in [0.2, 0.25) is 0 Å². The fourth-order valence-electron chi connectivity index (χ4n) is 3.71. The molecule has 3 heteroatoms. The molecule has 1 aromatic rings. The molecule has 0 amide bonds. The molecule has 25 heavy (non-hydrogen) atoms. The molecule has 0 spiro atoms. The van der Waals surface area contributed by atoms with Crippen LogP contribution in [0.1, 0.15) is 63.4 Å². The Labute approximate surface area is 166 Å². The van der Waals surface area contributed by atoms with Crippen molar-refractivity contribution in [2.75, 3.05) is 6.61 Å². The van der Waals surface area contributed by atoms with Crippen molar-refractivity contribution in [3.05, 3.63) is 50.7 Å². The zero-order valence-corrected chi connectivity index (χ0v) is 17.1. The summed E-state index contributed by atoms with van der Waals surface area (Å²) in [5.74, 6) is 1.67. The minimum absolute atomic E-state index is 0. The Morgan fingerprint density at radius 3 is 1.96 bits per heavy atom. The monoisotopic (exact) mass is 385 g/mol. The predicted molar refractivity (Wildman–Crippen MR) is 105 cm³/mol. The number of hydrogen-bond acceptors (Lipinski definition) is 2. The van der Waals surface area contributed by atoms with Crippen molar-refractivity contribution < 1.29 is 21.8 Å². The number of aliphatic imine (C=N–C) groups is 1. The second-order valence-corrected chi connectivity index (χ2v) is 6.87. The summed E-state index contributed by atoms with van der Waals surface area (Å²) in [6.45, 7) is 0.778. The molecule has 1 heterocycles. The number of hydrogen-bond donors (Lipinski definition) is 0. The fraction of sp³-hybridized carbons (Fsp3) is 0.591. The van der Waals surface area contributed by atoms with Gasteiger partial charge in [-0.05, 0) is 24.8 Å². The molecule has 0 aromatic heterocycles. The van der Waals surface area contributed by atoms with E-state index in [1.54, 1.807) is 0 Å². The van der Waals surface area contributed by atoms with E-state index in [-0.39, 0.29) is 31.9 Å². The average molecular weight is 385 g/mol. The predicted octanol–water partition coefficient (Wildman–Crippen LogP) is 6.07. The Balaban J connectivity index is 0.000000630. The third kappa shape index (κ3) is 7.96. The van der Waals surface area contributed by atoms with Crippen LogP contribution >= 0.6 is 0 Å². The maximum atomic E-state index is 5.77. The fourth-order valence-corrected chi connectivity index (χ4v) is 3.71. The summed E-state index contributed by atoms with van der Waals surface area (Å²) in [7, 11) is 0. The van der Waals surface area contributed by atoms with Crippen molar-refractivity contribution in [1.29, 1.82) is 0 Å². The number of benzene rings is 1. The first kappa shape index (κ1) is 24.2. The Kier molecular flexibility index (Phi) is 13.0. The van der Waals surface area contributed by atoms with Crippen LogP contribution in [0.15, 0.2) is 35.3 Å². The Morgan fingerprint density at radius 1 is 0.840 bits per heavy atom. The van der Waals surface area contributed by atoms with E-state index in [0.717, 1.165) is 18.9 Å². The van der Waals surface area contributed by atoms with Crippen LogP contribution < -0.4 is 0 Å². The van der Waals surface area contributed by atoms with Gasteiger partial charge in [0.05, 0.1) is 6.04 Å². The summed E-state index contributed by atoms with van der Waals surface area (Å²) in [6, 6.07) is 10.9. The van der Waals surface area contributed by atoms with Crippen LogP contribution in [0.4, 0.5) is 0 Å². The Morgan fingerprint density at radius 2 is 1.40 bits per heavy atom. The average Bonchev–Trinajstić information content (AvgIpc) is 3.32. The van der Waals surface area contributed by atoms with Crippen molar-refractivity contribution in [3.63, 3.8) is 0 Å². The summed E-state index contributed by atoms with van der Waals surface area (Å²) in [4.78, 5) is 4.76. The van der Waals surface area contributed by atoms with Gasteiger partial charge in [-0.1, -0.05) is 75.3 Å². The third-order valence-electron chi connectivity index (χ3n) is 5.00. The molecule has 2 saturated carbocycles. The van der Waals surface area contributed by atoms with Crippen molar-refractivity contribution in [2.24, 2.45) is 10.9 Å². The van der Waals surface area contributed by atoms with Crippen LogP contribution in [-0.2, 0) is 28.2 Å². The SMILES string of the molecule is C1CCCC1.[CH3-].[CH3-].[Fe+2].c1ccc(C[C@H]2COC(C3CCCC3)=N2)cc1. The van der Waals surface area contributed by atoms with Gasteiger partial charge in [0.25, 0.3) is 0 Å². The largest absolute Gasteiger partial charge is 2.00 e. The molecule has 2 fully saturated rings. The van der Waals surface area contributed by atoms with E-state index in [1.165, 1.54) is 63.4 Å². The number of nitrogens with zero attached hydrogens (tertiary/aromatic N) is 1. The molecule has 0 saturated heterocycles. The second kappa shape index (κ2) is 13.4. The van der Waals surface area contributed by atoms with E-state index >= 15 is 0 Å². The topological polar surface area (TPSA) is 21.6 Å². The van der Waals surface area contributed by atoms with Gasteiger partial charge in [-0.3, -0.25) is 0 Å². The molecule has 1 aromatic carbocycles. The molecule has 1 atom stereocenters. The molecule has 0 bridgehead atoms. The summed E-state index contributed by atoms with van der Waals surface area (Å²) in [5.41, 5.74) is 1.36. The van der Waals surface area contributed by atoms with Crippen molar-refractivity contribution in [3.8, 4) is 0 Å². The van der Waals surface area contributed by atoms with Gasteiger partial charge in [0.1, 0.15) is 6.61 Å². The quantitative estimate of drug-likeness (QED) is 0.457. The molecular formula is C22H35FeNO. The van der Waals surface area contributed by atoms with E-state index in [0.29, 0.717) is 12.0 Å². The summed E-state index contributed by atoms with van der Waals surface area (Å²) in [6.07, 6.45) is 13.7. The number of rotatable bonds is 3. The van der Waals surface area contributed by atoms with Crippen LogP contribution in [0.2, 0.25) is 0 Å². The van der Waals surface area contributed by atoms with E-state index in [2.05, 4.69) is 30.3 Å². The van der Waals surface area contributed by atoms with Crippen LogP contribution in [0.25, 0.3) is 0 Å². The molecular weight excluding hydrogens is 350 g/mol. The standard InChI is InChI=1S/C15H19NO.C5H10.2CH3.Fe/c1-2-6-12(7-3-1)10-14-11-17-15(16-14)13-8-4-5-9-13;1-2-4-5-3-1;;;/h1-3,6-7,13-14H,4-5,8-11H2;1-5H2;2*1H3;/q;;2*-1;+2/t14-;;;;/m0..../s1. The van der Waals surface area contributed by atoms with Crippen molar-refractivity contribution in [1.82, 2.24) is 0 Å². The van der Waals surface area contributed by atoms with Gasteiger partial charge in [0.15, 0.2) is 5.90 Å². The zero-order valence-electron chi connectivity index (χ0n) is 16.0. The van der Waals surface area contributed by atoms with Crippen molar-refractivity contribution in [2.45, 2.75) is 70.3 Å². The Hall–Kier alpha value is -0.791.